The molecule has 2 unspecified atom stereocenters. The second-order valence-electron chi connectivity index (χ2n) is 6.03. The number of H-pyrrole nitrogens is 1. The van der Waals surface area contributed by atoms with Gasteiger partial charge in [0.1, 0.15) is 0 Å². The molecular weight excluding hydrogens is 262 g/mol. The zero-order chi connectivity index (χ0) is 14.1. The van der Waals surface area contributed by atoms with Crippen LogP contribution in [-0.2, 0) is 6.54 Å². The highest BCUT2D eigenvalue weighted by molar-refractivity contribution is 5.61. The van der Waals surface area contributed by atoms with Gasteiger partial charge in [-0.1, -0.05) is 0 Å². The van der Waals surface area contributed by atoms with Crippen molar-refractivity contribution in [3.05, 3.63) is 36.3 Å². The smallest absolute Gasteiger partial charge is 0.0710 e. The summed E-state index contributed by atoms with van der Waals surface area (Å²) in [6, 6.07) is 5.40. The molecule has 2 aliphatic rings. The lowest BCUT2D eigenvalue weighted by molar-refractivity contribution is 0.298. The van der Waals surface area contributed by atoms with E-state index in [1.165, 1.54) is 37.9 Å². The summed E-state index contributed by atoms with van der Waals surface area (Å²) in [5, 5.41) is 11.1. The number of aromatic amines is 1. The largest absolute Gasteiger partial charge is 0.308 e. The molecule has 2 N–H and O–H groups in total. The maximum Gasteiger partial charge on any atom is 0.0710 e. The van der Waals surface area contributed by atoms with Gasteiger partial charge in [-0.3, -0.25) is 15.0 Å². The summed E-state index contributed by atoms with van der Waals surface area (Å²) < 4.78 is 0. The van der Waals surface area contributed by atoms with Crippen LogP contribution in [0, 0.1) is 0 Å². The van der Waals surface area contributed by atoms with Crippen molar-refractivity contribution in [2.75, 3.05) is 13.1 Å². The molecule has 0 bridgehead atoms. The average Bonchev–Trinajstić information content (AvgIpc) is 3.23. The van der Waals surface area contributed by atoms with E-state index in [1.54, 1.807) is 6.20 Å². The topological polar surface area (TPSA) is 56.8 Å². The third-order valence-corrected chi connectivity index (χ3v) is 4.83. The maximum atomic E-state index is 4.21. The molecule has 2 saturated heterocycles. The van der Waals surface area contributed by atoms with E-state index in [4.69, 9.17) is 0 Å². The van der Waals surface area contributed by atoms with Gasteiger partial charge in [0.25, 0.3) is 0 Å². The first-order valence-electron chi connectivity index (χ1n) is 7.82. The summed E-state index contributed by atoms with van der Waals surface area (Å²) in [7, 11) is 0. The molecule has 2 aromatic rings. The summed E-state index contributed by atoms with van der Waals surface area (Å²) in [5.74, 6) is 0. The van der Waals surface area contributed by atoms with E-state index < -0.39 is 0 Å². The average molecular weight is 283 g/mol. The SMILES string of the molecule is c1cncc(-c2[nH]ncc2CNC2CCN3CCCC23)c1. The van der Waals surface area contributed by atoms with Gasteiger partial charge >= 0.3 is 0 Å². The van der Waals surface area contributed by atoms with Gasteiger partial charge in [-0.25, -0.2) is 0 Å². The number of pyridine rings is 1. The third-order valence-electron chi connectivity index (χ3n) is 4.83. The van der Waals surface area contributed by atoms with Gasteiger partial charge in [-0.15, -0.1) is 0 Å². The Balaban J connectivity index is 1.45. The summed E-state index contributed by atoms with van der Waals surface area (Å²) >= 11 is 0. The highest BCUT2D eigenvalue weighted by atomic mass is 15.2. The molecule has 2 aliphatic heterocycles. The van der Waals surface area contributed by atoms with E-state index in [0.717, 1.165) is 23.8 Å². The summed E-state index contributed by atoms with van der Waals surface area (Å²) in [4.78, 5) is 6.82. The standard InChI is InChI=1S/C16H21N5/c1-3-12(9-17-6-1)16-13(11-19-20-16)10-18-14-5-8-21-7-2-4-15(14)21/h1,3,6,9,11,14-15,18H,2,4-5,7-8,10H2,(H,19,20). The van der Waals surface area contributed by atoms with Crippen LogP contribution in [0.2, 0.25) is 0 Å². The molecule has 21 heavy (non-hydrogen) atoms. The Bertz CT molecular complexity index is 594. The summed E-state index contributed by atoms with van der Waals surface area (Å²) in [5.41, 5.74) is 3.40. The first kappa shape index (κ1) is 13.0. The van der Waals surface area contributed by atoms with E-state index in [1.807, 2.05) is 18.5 Å². The fourth-order valence-corrected chi connectivity index (χ4v) is 3.77. The second kappa shape index (κ2) is 5.58. The molecular formula is C16H21N5. The van der Waals surface area contributed by atoms with Crippen molar-refractivity contribution in [3.63, 3.8) is 0 Å². The Labute approximate surface area is 124 Å². The zero-order valence-corrected chi connectivity index (χ0v) is 12.1. The van der Waals surface area contributed by atoms with E-state index in [2.05, 4.69) is 31.5 Å². The van der Waals surface area contributed by atoms with Crippen LogP contribution in [0.5, 0.6) is 0 Å². The molecule has 2 fully saturated rings. The highest BCUT2D eigenvalue weighted by Crippen LogP contribution is 2.28. The number of fused-ring (bicyclic) bond motifs is 1. The number of nitrogens with zero attached hydrogens (tertiary/aromatic N) is 3. The van der Waals surface area contributed by atoms with E-state index in [-0.39, 0.29) is 0 Å². The molecule has 4 heterocycles. The predicted octanol–water partition coefficient (Wildman–Crippen LogP) is 1.80. The van der Waals surface area contributed by atoms with E-state index in [0.29, 0.717) is 6.04 Å². The molecule has 2 aromatic heterocycles. The maximum absolute atomic E-state index is 4.21. The Morgan fingerprint density at radius 1 is 1.29 bits per heavy atom. The van der Waals surface area contributed by atoms with Crippen molar-refractivity contribution in [1.82, 2.24) is 25.4 Å². The zero-order valence-electron chi connectivity index (χ0n) is 12.1. The lowest BCUT2D eigenvalue weighted by atomic mass is 10.1. The Morgan fingerprint density at radius 3 is 3.19 bits per heavy atom. The highest BCUT2D eigenvalue weighted by Gasteiger charge is 2.36. The van der Waals surface area contributed by atoms with Crippen LogP contribution in [-0.4, -0.2) is 45.3 Å². The second-order valence-corrected chi connectivity index (χ2v) is 6.03. The summed E-state index contributed by atoms with van der Waals surface area (Å²) in [6.45, 7) is 3.41. The van der Waals surface area contributed by atoms with Crippen molar-refractivity contribution in [2.45, 2.75) is 37.9 Å². The molecule has 0 aliphatic carbocycles. The van der Waals surface area contributed by atoms with Crippen LogP contribution in [0.25, 0.3) is 11.3 Å². The summed E-state index contributed by atoms with van der Waals surface area (Å²) in [6.07, 6.45) is 9.58. The van der Waals surface area contributed by atoms with Crippen molar-refractivity contribution in [2.24, 2.45) is 0 Å². The van der Waals surface area contributed by atoms with E-state index in [9.17, 15) is 0 Å². The molecule has 5 heteroatoms. The molecule has 4 rings (SSSR count). The number of nitrogens with one attached hydrogen (secondary N) is 2. The Morgan fingerprint density at radius 2 is 2.29 bits per heavy atom. The Hall–Kier alpha value is -1.72. The molecule has 0 radical (unpaired) electrons. The minimum atomic E-state index is 0.629. The number of hydrogen-bond acceptors (Lipinski definition) is 4. The van der Waals surface area contributed by atoms with Gasteiger partial charge in [0.15, 0.2) is 0 Å². The number of aromatic nitrogens is 3. The van der Waals surface area contributed by atoms with Gasteiger partial charge < -0.3 is 5.32 Å². The van der Waals surface area contributed by atoms with Crippen molar-refractivity contribution < 1.29 is 0 Å². The van der Waals surface area contributed by atoms with Crippen molar-refractivity contribution >= 4 is 0 Å². The fourth-order valence-electron chi connectivity index (χ4n) is 3.77. The lowest BCUT2D eigenvalue weighted by Crippen LogP contribution is -2.38. The van der Waals surface area contributed by atoms with Crippen LogP contribution >= 0.6 is 0 Å². The van der Waals surface area contributed by atoms with Crippen LogP contribution in [0.3, 0.4) is 0 Å². The lowest BCUT2D eigenvalue weighted by Gasteiger charge is -2.21. The van der Waals surface area contributed by atoms with Crippen molar-refractivity contribution in [3.8, 4) is 11.3 Å². The van der Waals surface area contributed by atoms with Gasteiger partial charge in [-0.2, -0.15) is 5.10 Å². The van der Waals surface area contributed by atoms with Gasteiger partial charge in [0, 0.05) is 48.7 Å². The number of hydrogen-bond donors (Lipinski definition) is 2. The molecule has 2 atom stereocenters. The monoisotopic (exact) mass is 283 g/mol. The molecule has 0 amide bonds. The number of rotatable bonds is 4. The van der Waals surface area contributed by atoms with Crippen LogP contribution < -0.4 is 5.32 Å². The molecule has 5 nitrogen and oxygen atoms in total. The fraction of sp³-hybridized carbons (Fsp3) is 0.500. The molecule has 0 aromatic carbocycles. The Kier molecular flexibility index (Phi) is 3.45. The molecule has 110 valence electrons. The predicted molar refractivity (Wildman–Crippen MR) is 81.7 cm³/mol. The van der Waals surface area contributed by atoms with E-state index >= 15 is 0 Å². The van der Waals surface area contributed by atoms with Crippen LogP contribution in [0.1, 0.15) is 24.8 Å². The van der Waals surface area contributed by atoms with Gasteiger partial charge in [0.05, 0.1) is 11.9 Å². The third kappa shape index (κ3) is 2.47. The van der Waals surface area contributed by atoms with Crippen molar-refractivity contribution in [1.29, 1.82) is 0 Å². The molecule has 0 saturated carbocycles. The quantitative estimate of drug-likeness (QED) is 0.898. The van der Waals surface area contributed by atoms with Gasteiger partial charge in [0.2, 0.25) is 0 Å². The minimum absolute atomic E-state index is 0.629. The normalized spacial score (nSPS) is 25.3. The molecule has 0 spiro atoms. The van der Waals surface area contributed by atoms with Crippen LogP contribution in [0.15, 0.2) is 30.7 Å². The minimum Gasteiger partial charge on any atom is -0.308 e. The van der Waals surface area contributed by atoms with Gasteiger partial charge in [-0.05, 0) is 37.9 Å². The first-order valence-corrected chi connectivity index (χ1v) is 7.82. The first-order chi connectivity index (χ1) is 10.4. The van der Waals surface area contributed by atoms with Crippen LogP contribution in [0.4, 0.5) is 0 Å².